The number of nitrogen functional groups attached to an aromatic ring is 1. The average molecular weight is 279 g/mol. The highest BCUT2D eigenvalue weighted by Crippen LogP contribution is 2.30. The summed E-state index contributed by atoms with van der Waals surface area (Å²) in [7, 11) is 0. The summed E-state index contributed by atoms with van der Waals surface area (Å²) in [6.07, 6.45) is 0. The Balaban J connectivity index is 2.44. The van der Waals surface area contributed by atoms with Gasteiger partial charge in [-0.2, -0.15) is 0 Å². The van der Waals surface area contributed by atoms with Crippen molar-refractivity contribution in [2.75, 3.05) is 25.5 Å². The van der Waals surface area contributed by atoms with Gasteiger partial charge in [0.2, 0.25) is 0 Å². The van der Waals surface area contributed by atoms with Gasteiger partial charge in [-0.05, 0) is 26.0 Å². The number of morpholine rings is 1. The largest absolute Gasteiger partial charge is 0.393 e. The molecule has 1 aromatic carbocycles. The Kier molecular flexibility index (Phi) is 3.63. The fourth-order valence-corrected chi connectivity index (χ4v) is 2.32. The predicted molar refractivity (Wildman–Crippen MR) is 73.4 cm³/mol. The lowest BCUT2D eigenvalue weighted by Gasteiger charge is -2.42. The first-order valence-corrected chi connectivity index (χ1v) is 6.27. The number of anilines is 1. The lowest BCUT2D eigenvalue weighted by Crippen LogP contribution is -2.55. The zero-order valence-corrected chi connectivity index (χ0v) is 11.5. The number of ether oxygens (including phenoxy) is 1. The van der Waals surface area contributed by atoms with Gasteiger partial charge in [0.05, 0.1) is 23.7 Å². The Morgan fingerprint density at radius 2 is 2.20 bits per heavy atom. The molecule has 0 aromatic heterocycles. The van der Waals surface area contributed by atoms with Crippen molar-refractivity contribution in [1.29, 1.82) is 0 Å². The van der Waals surface area contributed by atoms with Gasteiger partial charge in [0, 0.05) is 6.54 Å². The first kappa shape index (κ1) is 14.3. The standard InChI is InChI=1S/C13H17N3O4/c1-13(2)8-20-7-6-15(13)12(17)9-4-3-5-10(14)11(9)16(18)19/h3-5H,6-8,14H2,1-2H3. The molecule has 0 bridgehead atoms. The van der Waals surface area contributed by atoms with Crippen LogP contribution in [0.2, 0.25) is 0 Å². The van der Waals surface area contributed by atoms with E-state index in [0.717, 1.165) is 0 Å². The van der Waals surface area contributed by atoms with Crippen molar-refractivity contribution in [3.8, 4) is 0 Å². The van der Waals surface area contributed by atoms with Crippen molar-refractivity contribution >= 4 is 17.3 Å². The van der Waals surface area contributed by atoms with E-state index >= 15 is 0 Å². The van der Waals surface area contributed by atoms with Crippen molar-refractivity contribution < 1.29 is 14.5 Å². The van der Waals surface area contributed by atoms with Crippen LogP contribution in [0.4, 0.5) is 11.4 Å². The summed E-state index contributed by atoms with van der Waals surface area (Å²) in [6.45, 7) is 4.95. The molecule has 1 saturated heterocycles. The maximum Gasteiger partial charge on any atom is 0.304 e. The van der Waals surface area contributed by atoms with Gasteiger partial charge in [-0.25, -0.2) is 0 Å². The molecule has 20 heavy (non-hydrogen) atoms. The van der Waals surface area contributed by atoms with Crippen LogP contribution in [0.1, 0.15) is 24.2 Å². The predicted octanol–water partition coefficient (Wildman–Crippen LogP) is 1.43. The second-order valence-electron chi connectivity index (χ2n) is 5.32. The first-order valence-electron chi connectivity index (χ1n) is 6.27. The fraction of sp³-hybridized carbons (Fsp3) is 0.462. The molecule has 2 N–H and O–H groups in total. The van der Waals surface area contributed by atoms with Gasteiger partial charge in [0.15, 0.2) is 0 Å². The second kappa shape index (κ2) is 5.09. The molecule has 1 aliphatic heterocycles. The van der Waals surface area contributed by atoms with Crippen molar-refractivity contribution in [2.45, 2.75) is 19.4 Å². The summed E-state index contributed by atoms with van der Waals surface area (Å²) in [5.74, 6) is -0.391. The lowest BCUT2D eigenvalue weighted by molar-refractivity contribution is -0.384. The van der Waals surface area contributed by atoms with Crippen LogP contribution >= 0.6 is 0 Å². The molecule has 7 nitrogen and oxygen atoms in total. The molecule has 108 valence electrons. The summed E-state index contributed by atoms with van der Waals surface area (Å²) in [5.41, 5.74) is 4.79. The van der Waals surface area contributed by atoms with Crippen LogP contribution in [0.5, 0.6) is 0 Å². The lowest BCUT2D eigenvalue weighted by atomic mass is 10.00. The molecule has 1 fully saturated rings. The van der Waals surface area contributed by atoms with Crippen LogP contribution in [-0.4, -0.2) is 41.0 Å². The number of carbonyl (C=O) groups excluding carboxylic acids is 1. The minimum absolute atomic E-state index is 0.00749. The van der Waals surface area contributed by atoms with E-state index in [2.05, 4.69) is 0 Å². The topological polar surface area (TPSA) is 98.7 Å². The number of hydrogen-bond donors (Lipinski definition) is 1. The van der Waals surface area contributed by atoms with E-state index in [9.17, 15) is 14.9 Å². The van der Waals surface area contributed by atoms with Crippen LogP contribution in [0.25, 0.3) is 0 Å². The normalized spacial score (nSPS) is 17.8. The van der Waals surface area contributed by atoms with Crippen molar-refractivity contribution in [1.82, 2.24) is 4.90 Å². The Morgan fingerprint density at radius 1 is 1.50 bits per heavy atom. The van der Waals surface area contributed by atoms with Gasteiger partial charge in [-0.1, -0.05) is 6.07 Å². The molecule has 7 heteroatoms. The minimum atomic E-state index is -0.615. The number of amides is 1. The molecule has 0 saturated carbocycles. The van der Waals surface area contributed by atoms with Crippen LogP contribution < -0.4 is 5.73 Å². The van der Waals surface area contributed by atoms with E-state index in [4.69, 9.17) is 10.5 Å². The molecule has 0 atom stereocenters. The SMILES string of the molecule is CC1(C)COCCN1C(=O)c1cccc(N)c1[N+](=O)[O-]. The number of carbonyl (C=O) groups is 1. The summed E-state index contributed by atoms with van der Waals surface area (Å²) < 4.78 is 5.35. The van der Waals surface area contributed by atoms with E-state index in [1.807, 2.05) is 13.8 Å². The number of para-hydroxylation sites is 1. The summed E-state index contributed by atoms with van der Waals surface area (Å²) >= 11 is 0. The van der Waals surface area contributed by atoms with Gasteiger partial charge >= 0.3 is 5.69 Å². The number of nitrogens with zero attached hydrogens (tertiary/aromatic N) is 2. The van der Waals surface area contributed by atoms with Gasteiger partial charge in [-0.3, -0.25) is 14.9 Å². The van der Waals surface area contributed by atoms with Crippen molar-refractivity contribution in [2.24, 2.45) is 0 Å². The molecule has 0 spiro atoms. The minimum Gasteiger partial charge on any atom is -0.393 e. The van der Waals surface area contributed by atoms with Gasteiger partial charge in [0.25, 0.3) is 5.91 Å². The van der Waals surface area contributed by atoms with Gasteiger partial charge in [0.1, 0.15) is 11.3 Å². The smallest absolute Gasteiger partial charge is 0.304 e. The molecule has 0 aliphatic carbocycles. The van der Waals surface area contributed by atoms with E-state index in [1.54, 1.807) is 11.0 Å². The Morgan fingerprint density at radius 3 is 2.80 bits per heavy atom. The average Bonchev–Trinajstić information content (AvgIpc) is 2.36. The third-order valence-corrected chi connectivity index (χ3v) is 3.37. The number of rotatable bonds is 2. The molecule has 1 heterocycles. The third-order valence-electron chi connectivity index (χ3n) is 3.37. The zero-order valence-electron chi connectivity index (χ0n) is 11.5. The molecule has 1 amide bonds. The van der Waals surface area contributed by atoms with Crippen LogP contribution in [0, 0.1) is 10.1 Å². The fourth-order valence-electron chi connectivity index (χ4n) is 2.32. The number of nitro benzene ring substituents is 1. The molecular formula is C13H17N3O4. The van der Waals surface area contributed by atoms with E-state index in [0.29, 0.717) is 19.8 Å². The quantitative estimate of drug-likeness (QED) is 0.501. The van der Waals surface area contributed by atoms with Crippen molar-refractivity contribution in [3.05, 3.63) is 33.9 Å². The first-order chi connectivity index (χ1) is 9.34. The number of nitro groups is 1. The zero-order chi connectivity index (χ0) is 14.9. The Hall–Kier alpha value is -2.15. The Bertz CT molecular complexity index is 557. The molecule has 1 aliphatic rings. The molecule has 2 rings (SSSR count). The molecule has 0 radical (unpaired) electrons. The highest BCUT2D eigenvalue weighted by Gasteiger charge is 2.37. The summed E-state index contributed by atoms with van der Waals surface area (Å²) in [6, 6.07) is 4.39. The van der Waals surface area contributed by atoms with Gasteiger partial charge < -0.3 is 15.4 Å². The van der Waals surface area contributed by atoms with E-state index in [-0.39, 0.29) is 16.9 Å². The van der Waals surface area contributed by atoms with Crippen molar-refractivity contribution in [3.63, 3.8) is 0 Å². The maximum absolute atomic E-state index is 12.6. The monoisotopic (exact) mass is 279 g/mol. The van der Waals surface area contributed by atoms with Crippen LogP contribution in [0.3, 0.4) is 0 Å². The highest BCUT2D eigenvalue weighted by atomic mass is 16.6. The van der Waals surface area contributed by atoms with Crippen LogP contribution in [-0.2, 0) is 4.74 Å². The molecular weight excluding hydrogens is 262 g/mol. The number of benzene rings is 1. The maximum atomic E-state index is 12.6. The molecule has 0 unspecified atom stereocenters. The third kappa shape index (κ3) is 2.44. The Labute approximate surface area is 116 Å². The van der Waals surface area contributed by atoms with E-state index < -0.39 is 16.4 Å². The summed E-state index contributed by atoms with van der Waals surface area (Å²) in [4.78, 5) is 24.7. The van der Waals surface area contributed by atoms with E-state index in [1.165, 1.54) is 12.1 Å². The summed E-state index contributed by atoms with van der Waals surface area (Å²) in [5, 5.41) is 11.1. The second-order valence-corrected chi connectivity index (χ2v) is 5.32. The number of hydrogen-bond acceptors (Lipinski definition) is 5. The van der Waals surface area contributed by atoms with Crippen LogP contribution in [0.15, 0.2) is 18.2 Å². The number of nitrogens with two attached hydrogens (primary N) is 1. The highest BCUT2D eigenvalue weighted by molar-refractivity contribution is 6.00. The molecule has 1 aromatic rings. The van der Waals surface area contributed by atoms with Gasteiger partial charge in [-0.15, -0.1) is 0 Å².